The van der Waals surface area contributed by atoms with Gasteiger partial charge in [-0.25, -0.2) is 0 Å². The second-order valence-electron chi connectivity index (χ2n) is 5.19. The Morgan fingerprint density at radius 2 is 1.88 bits per heavy atom. The molecule has 0 unspecified atom stereocenters. The van der Waals surface area contributed by atoms with Crippen LogP contribution in [0.4, 0.5) is 0 Å². The number of hydrogen-bond donors (Lipinski definition) is 2. The molecular weight excluding hydrogens is 202 g/mol. The van der Waals surface area contributed by atoms with Crippen LogP contribution < -0.4 is 5.32 Å². The van der Waals surface area contributed by atoms with Crippen molar-refractivity contribution in [1.29, 1.82) is 0 Å². The van der Waals surface area contributed by atoms with Gasteiger partial charge >= 0.3 is 5.97 Å². The van der Waals surface area contributed by atoms with E-state index < -0.39 is 11.4 Å². The number of carboxylic acid groups (broad SMARTS) is 1. The van der Waals surface area contributed by atoms with Crippen molar-refractivity contribution >= 4 is 5.97 Å². The van der Waals surface area contributed by atoms with E-state index in [9.17, 15) is 9.90 Å². The van der Waals surface area contributed by atoms with Gasteiger partial charge in [-0.15, -0.1) is 0 Å². The van der Waals surface area contributed by atoms with Gasteiger partial charge in [0.15, 0.2) is 0 Å². The minimum absolute atomic E-state index is 0.0674. The predicted octanol–water partition coefficient (Wildman–Crippen LogP) is 1.39. The summed E-state index contributed by atoms with van der Waals surface area (Å²) < 4.78 is 0. The Kier molecular flexibility index (Phi) is 1.89. The number of carboxylic acids is 1. The first-order valence-electron chi connectivity index (χ1n) is 5.67. The molecular formula is C13H15NO2. The molecule has 0 radical (unpaired) electrons. The molecule has 1 aromatic carbocycles. The number of fused-ring (bicyclic) bond motifs is 2. The Morgan fingerprint density at radius 3 is 2.50 bits per heavy atom. The molecule has 0 amide bonds. The second-order valence-corrected chi connectivity index (χ2v) is 5.19. The topological polar surface area (TPSA) is 49.3 Å². The number of carbonyl (C=O) groups is 1. The van der Waals surface area contributed by atoms with Crippen molar-refractivity contribution in [3.05, 3.63) is 35.9 Å². The molecule has 1 saturated carbocycles. The summed E-state index contributed by atoms with van der Waals surface area (Å²) in [5.74, 6) is -0.647. The van der Waals surface area contributed by atoms with Crippen LogP contribution in [0.3, 0.4) is 0 Å². The van der Waals surface area contributed by atoms with Crippen LogP contribution in [0.1, 0.15) is 18.4 Å². The molecule has 2 heterocycles. The van der Waals surface area contributed by atoms with E-state index in [4.69, 9.17) is 0 Å². The van der Waals surface area contributed by atoms with E-state index in [0.717, 1.165) is 19.4 Å². The van der Waals surface area contributed by atoms with Gasteiger partial charge in [-0.2, -0.15) is 0 Å². The van der Waals surface area contributed by atoms with Gasteiger partial charge in [0.1, 0.15) is 0 Å². The van der Waals surface area contributed by atoms with Crippen LogP contribution in [0.2, 0.25) is 0 Å². The first kappa shape index (κ1) is 9.85. The predicted molar refractivity (Wildman–Crippen MR) is 60.3 cm³/mol. The number of hydrogen-bond acceptors (Lipinski definition) is 2. The Labute approximate surface area is 94.5 Å². The lowest BCUT2D eigenvalue weighted by Gasteiger charge is -2.58. The van der Waals surface area contributed by atoms with Crippen molar-refractivity contribution in [1.82, 2.24) is 5.32 Å². The third-order valence-electron chi connectivity index (χ3n) is 4.12. The van der Waals surface area contributed by atoms with Gasteiger partial charge in [0.05, 0.1) is 5.41 Å². The molecule has 4 rings (SSSR count). The molecule has 3 fully saturated rings. The minimum atomic E-state index is -0.647. The highest BCUT2D eigenvalue weighted by atomic mass is 16.4. The van der Waals surface area contributed by atoms with E-state index in [1.807, 2.05) is 18.2 Å². The third-order valence-corrected chi connectivity index (χ3v) is 4.12. The van der Waals surface area contributed by atoms with Gasteiger partial charge in [-0.1, -0.05) is 30.3 Å². The first-order valence-corrected chi connectivity index (χ1v) is 5.67. The lowest BCUT2D eigenvalue weighted by atomic mass is 9.48. The summed E-state index contributed by atoms with van der Waals surface area (Å²) in [6, 6.07) is 10.3. The molecule has 84 valence electrons. The molecule has 2 N–H and O–H groups in total. The van der Waals surface area contributed by atoms with E-state index in [2.05, 4.69) is 17.4 Å². The van der Waals surface area contributed by atoms with Gasteiger partial charge in [-0.3, -0.25) is 4.79 Å². The van der Waals surface area contributed by atoms with Crippen molar-refractivity contribution in [2.24, 2.45) is 5.41 Å². The molecule has 2 aliphatic heterocycles. The van der Waals surface area contributed by atoms with E-state index in [1.165, 1.54) is 5.56 Å². The Balaban J connectivity index is 1.92. The highest BCUT2D eigenvalue weighted by Gasteiger charge is 2.61. The zero-order valence-electron chi connectivity index (χ0n) is 9.07. The van der Waals surface area contributed by atoms with Crippen molar-refractivity contribution in [2.45, 2.75) is 18.3 Å². The van der Waals surface area contributed by atoms with Crippen molar-refractivity contribution in [3.63, 3.8) is 0 Å². The largest absolute Gasteiger partial charge is 0.481 e. The smallest absolute Gasteiger partial charge is 0.310 e. The maximum Gasteiger partial charge on any atom is 0.310 e. The molecule has 3 aliphatic rings. The Hall–Kier alpha value is -1.35. The zero-order valence-corrected chi connectivity index (χ0v) is 9.07. The molecule has 1 aliphatic carbocycles. The Bertz CT molecular complexity index is 421. The summed E-state index contributed by atoms with van der Waals surface area (Å²) in [5.41, 5.74) is 0.838. The van der Waals surface area contributed by atoms with Crippen molar-refractivity contribution < 1.29 is 9.90 Å². The summed E-state index contributed by atoms with van der Waals surface area (Å²) in [4.78, 5) is 11.2. The summed E-state index contributed by atoms with van der Waals surface area (Å²) in [5, 5.41) is 12.5. The van der Waals surface area contributed by atoms with Gasteiger partial charge in [-0.05, 0) is 18.4 Å². The minimum Gasteiger partial charge on any atom is -0.481 e. The van der Waals surface area contributed by atoms with Crippen LogP contribution in [0.15, 0.2) is 30.3 Å². The molecule has 3 nitrogen and oxygen atoms in total. The third kappa shape index (κ3) is 1.15. The fraction of sp³-hybridized carbons (Fsp3) is 0.462. The van der Waals surface area contributed by atoms with Gasteiger partial charge in [0.2, 0.25) is 0 Å². The van der Waals surface area contributed by atoms with Crippen LogP contribution in [-0.2, 0) is 10.2 Å². The van der Waals surface area contributed by atoms with E-state index in [0.29, 0.717) is 6.54 Å². The molecule has 0 spiro atoms. The molecule has 1 aromatic rings. The van der Waals surface area contributed by atoms with Crippen LogP contribution >= 0.6 is 0 Å². The van der Waals surface area contributed by atoms with Crippen molar-refractivity contribution in [3.8, 4) is 0 Å². The van der Waals surface area contributed by atoms with Crippen LogP contribution in [0.25, 0.3) is 0 Å². The molecule has 0 atom stereocenters. The number of piperidine rings is 2. The SMILES string of the molecule is O=C(O)C12CNCC(c3ccccc3)(C1)C2. The average molecular weight is 217 g/mol. The quantitative estimate of drug-likeness (QED) is 0.787. The molecule has 3 heteroatoms. The van der Waals surface area contributed by atoms with E-state index >= 15 is 0 Å². The molecule has 2 bridgehead atoms. The summed E-state index contributed by atoms with van der Waals surface area (Å²) in [7, 11) is 0. The lowest BCUT2D eigenvalue weighted by molar-refractivity contribution is -0.163. The number of benzene rings is 1. The molecule has 2 saturated heterocycles. The maximum absolute atomic E-state index is 11.2. The molecule has 16 heavy (non-hydrogen) atoms. The fourth-order valence-electron chi connectivity index (χ4n) is 3.36. The van der Waals surface area contributed by atoms with Gasteiger partial charge in [0, 0.05) is 18.5 Å². The van der Waals surface area contributed by atoms with Crippen LogP contribution in [0, 0.1) is 5.41 Å². The van der Waals surface area contributed by atoms with E-state index in [1.54, 1.807) is 0 Å². The zero-order chi connectivity index (χ0) is 11.2. The maximum atomic E-state index is 11.2. The summed E-state index contributed by atoms with van der Waals surface area (Å²) in [6.07, 6.45) is 1.57. The van der Waals surface area contributed by atoms with Crippen LogP contribution in [-0.4, -0.2) is 24.2 Å². The second kappa shape index (κ2) is 3.08. The van der Waals surface area contributed by atoms with E-state index in [-0.39, 0.29) is 5.41 Å². The standard InChI is InChI=1S/C13H15NO2/c15-11(16)13-6-12(7-13,8-14-9-13)10-4-2-1-3-5-10/h1-5,14H,6-9H2,(H,15,16). The van der Waals surface area contributed by atoms with Crippen LogP contribution in [0.5, 0.6) is 0 Å². The number of aliphatic carboxylic acids is 1. The Morgan fingerprint density at radius 1 is 1.19 bits per heavy atom. The fourth-order valence-corrected chi connectivity index (χ4v) is 3.36. The monoisotopic (exact) mass is 217 g/mol. The average Bonchev–Trinajstić information content (AvgIpc) is 2.29. The summed E-state index contributed by atoms with van der Waals surface area (Å²) >= 11 is 0. The number of rotatable bonds is 2. The number of nitrogens with one attached hydrogen (secondary N) is 1. The van der Waals surface area contributed by atoms with Gasteiger partial charge < -0.3 is 10.4 Å². The van der Waals surface area contributed by atoms with Gasteiger partial charge in [0.25, 0.3) is 0 Å². The summed E-state index contributed by atoms with van der Waals surface area (Å²) in [6.45, 7) is 1.53. The normalized spacial score (nSPS) is 36.5. The van der Waals surface area contributed by atoms with Crippen molar-refractivity contribution in [2.75, 3.05) is 13.1 Å². The lowest BCUT2D eigenvalue weighted by Crippen LogP contribution is -2.67. The first-order chi connectivity index (χ1) is 7.67. The highest BCUT2D eigenvalue weighted by molar-refractivity contribution is 5.78. The highest BCUT2D eigenvalue weighted by Crippen LogP contribution is 2.57. The molecule has 0 aromatic heterocycles.